The molecule has 2 amide bonds. The van der Waals surface area contributed by atoms with Crippen LogP contribution >= 0.6 is 24.0 Å². The minimum Gasteiger partial charge on any atom is -0.359 e. The molecule has 0 spiro atoms. The number of thiazole rings is 1. The Morgan fingerprint density at radius 2 is 1.97 bits per heavy atom. The van der Waals surface area contributed by atoms with Crippen molar-refractivity contribution < 1.29 is 14.1 Å². The monoisotopic (exact) mass is 446 g/mol. The molecule has 0 aliphatic rings. The normalized spacial score (nSPS) is 10.1. The van der Waals surface area contributed by atoms with Gasteiger partial charge >= 0.3 is 0 Å². The zero-order valence-corrected chi connectivity index (χ0v) is 18.5. The van der Waals surface area contributed by atoms with Gasteiger partial charge in [0.15, 0.2) is 10.9 Å². The van der Waals surface area contributed by atoms with Crippen molar-refractivity contribution in [2.45, 2.75) is 32.6 Å². The second-order valence-corrected chi connectivity index (χ2v) is 7.72. The number of nitrogens with one attached hydrogen (secondary N) is 2. The standard InChI is InChI=1S/C19H20N4O3S.C2H6S/c24-13-20-10-6-2-5-9-18(25)22-19-21-16(12-27-19)17-11-15(23-26-17)14-7-3-1-4-8-14;1-2-3/h1,3-4,7-8,11-13H,2,5-6,9-10H2,(H,20,24)(H,21,22,25);3H,2H2,1H3. The second-order valence-electron chi connectivity index (χ2n) is 6.23. The highest BCUT2D eigenvalue weighted by Crippen LogP contribution is 2.28. The summed E-state index contributed by atoms with van der Waals surface area (Å²) in [5, 5.41) is 11.9. The van der Waals surface area contributed by atoms with Crippen molar-refractivity contribution in [2.24, 2.45) is 0 Å². The molecular weight excluding hydrogens is 420 g/mol. The van der Waals surface area contributed by atoms with E-state index in [0.717, 1.165) is 36.3 Å². The van der Waals surface area contributed by atoms with E-state index in [1.165, 1.54) is 11.3 Å². The number of hydrogen-bond acceptors (Lipinski definition) is 7. The largest absolute Gasteiger partial charge is 0.359 e. The summed E-state index contributed by atoms with van der Waals surface area (Å²) in [4.78, 5) is 26.5. The van der Waals surface area contributed by atoms with Crippen molar-refractivity contribution >= 4 is 41.4 Å². The minimum absolute atomic E-state index is 0.0678. The highest BCUT2D eigenvalue weighted by Gasteiger charge is 2.13. The Balaban J connectivity index is 0.00000101. The Morgan fingerprint density at radius 3 is 2.70 bits per heavy atom. The zero-order valence-electron chi connectivity index (χ0n) is 16.8. The molecule has 0 saturated heterocycles. The molecule has 0 bridgehead atoms. The van der Waals surface area contributed by atoms with Gasteiger partial charge in [0.2, 0.25) is 12.3 Å². The van der Waals surface area contributed by atoms with E-state index in [4.69, 9.17) is 4.52 Å². The molecular formula is C21H26N4O3S2. The lowest BCUT2D eigenvalue weighted by molar-refractivity contribution is -0.116. The van der Waals surface area contributed by atoms with E-state index in [1.54, 1.807) is 0 Å². The fraction of sp³-hybridized carbons (Fsp3) is 0.333. The second kappa shape index (κ2) is 13.6. The van der Waals surface area contributed by atoms with E-state index in [9.17, 15) is 9.59 Å². The number of benzene rings is 1. The molecule has 2 N–H and O–H groups in total. The van der Waals surface area contributed by atoms with Gasteiger partial charge in [-0.3, -0.25) is 9.59 Å². The highest BCUT2D eigenvalue weighted by molar-refractivity contribution is 7.80. The summed E-state index contributed by atoms with van der Waals surface area (Å²) in [7, 11) is 0. The molecule has 0 aliphatic heterocycles. The summed E-state index contributed by atoms with van der Waals surface area (Å²) in [6.07, 6.45) is 3.63. The average molecular weight is 447 g/mol. The number of carbonyl (C=O) groups is 2. The van der Waals surface area contributed by atoms with Crippen molar-refractivity contribution in [1.29, 1.82) is 0 Å². The van der Waals surface area contributed by atoms with E-state index in [2.05, 4.69) is 33.4 Å². The zero-order chi connectivity index (χ0) is 21.6. The SMILES string of the molecule is CCS.O=CNCCCCCC(=O)Nc1nc(-c2cc(-c3ccccc3)no2)cs1. The lowest BCUT2D eigenvalue weighted by Crippen LogP contribution is -2.13. The van der Waals surface area contributed by atoms with Crippen LogP contribution < -0.4 is 10.6 Å². The molecule has 160 valence electrons. The summed E-state index contributed by atoms with van der Waals surface area (Å²) < 4.78 is 5.39. The Kier molecular flexibility index (Phi) is 10.7. The molecule has 0 saturated carbocycles. The van der Waals surface area contributed by atoms with Crippen LogP contribution in [0.5, 0.6) is 0 Å². The van der Waals surface area contributed by atoms with Crippen molar-refractivity contribution in [3.05, 3.63) is 41.8 Å². The van der Waals surface area contributed by atoms with Gasteiger partial charge in [-0.1, -0.05) is 48.8 Å². The fourth-order valence-electron chi connectivity index (χ4n) is 2.52. The summed E-state index contributed by atoms with van der Waals surface area (Å²) in [6.45, 7) is 2.63. The molecule has 2 heterocycles. The van der Waals surface area contributed by atoms with Gasteiger partial charge in [0, 0.05) is 30.0 Å². The van der Waals surface area contributed by atoms with Crippen molar-refractivity contribution in [3.8, 4) is 22.7 Å². The number of aromatic nitrogens is 2. The van der Waals surface area contributed by atoms with Gasteiger partial charge in [0.25, 0.3) is 0 Å². The predicted molar refractivity (Wildman–Crippen MR) is 124 cm³/mol. The number of thiol groups is 1. The summed E-state index contributed by atoms with van der Waals surface area (Å²) in [5.74, 6) is 1.44. The molecule has 0 aliphatic carbocycles. The quantitative estimate of drug-likeness (QED) is 0.239. The van der Waals surface area contributed by atoms with Crippen molar-refractivity contribution in [3.63, 3.8) is 0 Å². The number of carbonyl (C=O) groups excluding carboxylic acids is 2. The van der Waals surface area contributed by atoms with E-state index in [-0.39, 0.29) is 5.91 Å². The van der Waals surface area contributed by atoms with Gasteiger partial charge in [-0.05, 0) is 18.6 Å². The summed E-state index contributed by atoms with van der Waals surface area (Å²) in [6, 6.07) is 11.6. The first kappa shape index (κ1) is 23.6. The Bertz CT molecular complexity index is 897. The van der Waals surface area contributed by atoms with E-state index in [1.807, 2.05) is 48.7 Å². The van der Waals surface area contributed by atoms with E-state index in [0.29, 0.717) is 36.0 Å². The van der Waals surface area contributed by atoms with Crippen LogP contribution in [0.15, 0.2) is 46.3 Å². The molecule has 0 radical (unpaired) electrons. The van der Waals surface area contributed by atoms with Gasteiger partial charge in [-0.2, -0.15) is 12.6 Å². The number of anilines is 1. The molecule has 1 aromatic carbocycles. The number of hydrogen-bond donors (Lipinski definition) is 3. The third-order valence-corrected chi connectivity index (χ3v) is 4.65. The molecule has 2 aromatic heterocycles. The number of unbranched alkanes of at least 4 members (excludes halogenated alkanes) is 2. The van der Waals surface area contributed by atoms with Crippen LogP contribution in [0.1, 0.15) is 32.6 Å². The highest BCUT2D eigenvalue weighted by atomic mass is 32.1. The molecule has 30 heavy (non-hydrogen) atoms. The first-order chi connectivity index (χ1) is 14.7. The fourth-order valence-corrected chi connectivity index (χ4v) is 3.23. The van der Waals surface area contributed by atoms with Crippen LogP contribution in [0.3, 0.4) is 0 Å². The van der Waals surface area contributed by atoms with Crippen LogP contribution in [-0.4, -0.2) is 34.8 Å². The van der Waals surface area contributed by atoms with Crippen LogP contribution in [0.4, 0.5) is 5.13 Å². The molecule has 0 unspecified atom stereocenters. The summed E-state index contributed by atoms with van der Waals surface area (Å²) in [5.41, 5.74) is 2.36. The third kappa shape index (κ3) is 8.00. The minimum atomic E-state index is -0.0678. The smallest absolute Gasteiger partial charge is 0.226 e. The molecule has 3 rings (SSSR count). The Hall–Kier alpha value is -2.65. The van der Waals surface area contributed by atoms with Crippen molar-refractivity contribution in [1.82, 2.24) is 15.5 Å². The predicted octanol–water partition coefficient (Wildman–Crippen LogP) is 4.65. The summed E-state index contributed by atoms with van der Waals surface area (Å²) >= 11 is 5.14. The van der Waals surface area contributed by atoms with Gasteiger partial charge < -0.3 is 15.2 Å². The van der Waals surface area contributed by atoms with Gasteiger partial charge in [0.05, 0.1) is 0 Å². The van der Waals surface area contributed by atoms with Crippen LogP contribution in [0.25, 0.3) is 22.7 Å². The lowest BCUT2D eigenvalue weighted by atomic mass is 10.1. The van der Waals surface area contributed by atoms with E-state index < -0.39 is 0 Å². The third-order valence-electron chi connectivity index (χ3n) is 3.89. The first-order valence-electron chi connectivity index (χ1n) is 9.73. The van der Waals surface area contributed by atoms with Crippen LogP contribution in [0, 0.1) is 0 Å². The van der Waals surface area contributed by atoms with Crippen molar-refractivity contribution in [2.75, 3.05) is 17.6 Å². The van der Waals surface area contributed by atoms with Gasteiger partial charge in [-0.25, -0.2) is 4.98 Å². The Labute approximate surface area is 185 Å². The number of nitrogens with zero attached hydrogens (tertiary/aromatic N) is 2. The van der Waals surface area contributed by atoms with Gasteiger partial charge in [0.1, 0.15) is 11.4 Å². The number of amides is 2. The lowest BCUT2D eigenvalue weighted by Gasteiger charge is -2.02. The first-order valence-corrected chi connectivity index (χ1v) is 11.2. The Morgan fingerprint density at radius 1 is 1.20 bits per heavy atom. The van der Waals surface area contributed by atoms with E-state index >= 15 is 0 Å². The maximum absolute atomic E-state index is 12.0. The van der Waals surface area contributed by atoms with Crippen LogP contribution in [0.2, 0.25) is 0 Å². The maximum Gasteiger partial charge on any atom is 0.226 e. The molecule has 3 aromatic rings. The maximum atomic E-state index is 12.0. The average Bonchev–Trinajstić information content (AvgIpc) is 3.41. The molecule has 7 nitrogen and oxygen atoms in total. The molecule has 9 heteroatoms. The molecule has 0 fully saturated rings. The van der Waals surface area contributed by atoms with Gasteiger partial charge in [-0.15, -0.1) is 11.3 Å². The topological polar surface area (TPSA) is 97.1 Å². The van der Waals surface area contributed by atoms with Crippen LogP contribution in [-0.2, 0) is 9.59 Å². The number of rotatable bonds is 10. The molecule has 0 atom stereocenters.